The van der Waals surface area contributed by atoms with Crippen LogP contribution in [-0.2, 0) is 0 Å². The number of aliphatic hydroxyl groups excluding tert-OH is 1. The Bertz CT molecular complexity index is 730. The molecule has 0 bridgehead atoms. The van der Waals surface area contributed by atoms with E-state index in [-0.39, 0.29) is 12.5 Å². The molecule has 2 aromatic carbocycles. The SMILES string of the molecule is COc1ccccc1OC[C@@H](O)CN1CCN(C(=O)c2ccccc2)CC1. The van der Waals surface area contributed by atoms with Crippen LogP contribution in [0.15, 0.2) is 54.6 Å². The predicted octanol–water partition coefficient (Wildman–Crippen LogP) is 1.89. The van der Waals surface area contributed by atoms with Crippen molar-refractivity contribution in [1.29, 1.82) is 0 Å². The van der Waals surface area contributed by atoms with Crippen molar-refractivity contribution in [2.75, 3.05) is 46.4 Å². The maximum atomic E-state index is 12.5. The second-order valence-corrected chi connectivity index (χ2v) is 6.57. The summed E-state index contributed by atoms with van der Waals surface area (Å²) in [6.07, 6.45) is -0.605. The Morgan fingerprint density at radius 1 is 1.00 bits per heavy atom. The van der Waals surface area contributed by atoms with Crippen LogP contribution in [0.5, 0.6) is 11.5 Å². The van der Waals surface area contributed by atoms with Gasteiger partial charge in [0.1, 0.15) is 12.7 Å². The number of methoxy groups -OCH3 is 1. The number of amides is 1. The highest BCUT2D eigenvalue weighted by Gasteiger charge is 2.23. The van der Waals surface area contributed by atoms with Gasteiger partial charge in [-0.1, -0.05) is 30.3 Å². The van der Waals surface area contributed by atoms with E-state index in [0.717, 1.165) is 18.7 Å². The zero-order valence-electron chi connectivity index (χ0n) is 15.6. The minimum Gasteiger partial charge on any atom is -0.493 e. The van der Waals surface area contributed by atoms with Crippen LogP contribution < -0.4 is 9.47 Å². The number of benzene rings is 2. The van der Waals surface area contributed by atoms with Crippen molar-refractivity contribution in [3.8, 4) is 11.5 Å². The summed E-state index contributed by atoms with van der Waals surface area (Å²) in [5.41, 5.74) is 0.719. The van der Waals surface area contributed by atoms with E-state index in [4.69, 9.17) is 9.47 Å². The Morgan fingerprint density at radius 2 is 1.63 bits per heavy atom. The molecule has 0 spiro atoms. The average molecular weight is 370 g/mol. The highest BCUT2D eigenvalue weighted by atomic mass is 16.5. The fraction of sp³-hybridized carbons (Fsp3) is 0.381. The molecule has 2 aromatic rings. The number of hydrogen-bond acceptors (Lipinski definition) is 5. The zero-order valence-corrected chi connectivity index (χ0v) is 15.6. The molecule has 1 fully saturated rings. The van der Waals surface area contributed by atoms with Crippen LogP contribution >= 0.6 is 0 Å². The van der Waals surface area contributed by atoms with Crippen molar-refractivity contribution in [2.24, 2.45) is 0 Å². The van der Waals surface area contributed by atoms with Crippen molar-refractivity contribution in [2.45, 2.75) is 6.10 Å². The fourth-order valence-electron chi connectivity index (χ4n) is 3.17. The lowest BCUT2D eigenvalue weighted by atomic mass is 10.2. The Kier molecular flexibility index (Phi) is 6.68. The van der Waals surface area contributed by atoms with Gasteiger partial charge in [-0.25, -0.2) is 0 Å². The number of ether oxygens (including phenoxy) is 2. The third kappa shape index (κ3) is 5.21. The minimum absolute atomic E-state index is 0.0651. The van der Waals surface area contributed by atoms with E-state index in [1.54, 1.807) is 7.11 Å². The third-order valence-electron chi connectivity index (χ3n) is 4.65. The molecule has 6 nitrogen and oxygen atoms in total. The van der Waals surface area contributed by atoms with Crippen LogP contribution in [0.1, 0.15) is 10.4 Å². The standard InChI is InChI=1S/C21H26N2O4/c1-26-19-9-5-6-10-20(19)27-16-18(24)15-22-11-13-23(14-12-22)21(25)17-7-3-2-4-8-17/h2-10,18,24H,11-16H2,1H3/t18-/m0/s1. The van der Waals surface area contributed by atoms with Crippen molar-refractivity contribution in [3.05, 3.63) is 60.2 Å². The summed E-state index contributed by atoms with van der Waals surface area (Å²) in [5, 5.41) is 10.3. The van der Waals surface area contributed by atoms with E-state index in [2.05, 4.69) is 4.90 Å². The largest absolute Gasteiger partial charge is 0.493 e. The highest BCUT2D eigenvalue weighted by Crippen LogP contribution is 2.25. The number of β-amino-alcohol motifs (C(OH)–C–C–N with tert-alkyl or cyclic N) is 1. The van der Waals surface area contributed by atoms with Crippen LogP contribution in [0.3, 0.4) is 0 Å². The van der Waals surface area contributed by atoms with Gasteiger partial charge in [-0.15, -0.1) is 0 Å². The summed E-state index contributed by atoms with van der Waals surface area (Å²) >= 11 is 0. The lowest BCUT2D eigenvalue weighted by Gasteiger charge is -2.35. The van der Waals surface area contributed by atoms with Crippen LogP contribution in [0.4, 0.5) is 0 Å². The van der Waals surface area contributed by atoms with Crippen molar-refractivity contribution in [3.63, 3.8) is 0 Å². The molecule has 144 valence electrons. The first-order valence-electron chi connectivity index (χ1n) is 9.18. The van der Waals surface area contributed by atoms with Crippen molar-refractivity contribution < 1.29 is 19.4 Å². The summed E-state index contributed by atoms with van der Waals surface area (Å²) in [4.78, 5) is 16.5. The number of para-hydroxylation sites is 2. The number of carbonyl (C=O) groups is 1. The van der Waals surface area contributed by atoms with Gasteiger partial charge in [0.05, 0.1) is 7.11 Å². The number of rotatable bonds is 7. The summed E-state index contributed by atoms with van der Waals surface area (Å²) < 4.78 is 10.9. The first kappa shape index (κ1) is 19.2. The van der Waals surface area contributed by atoms with Gasteiger partial charge < -0.3 is 19.5 Å². The smallest absolute Gasteiger partial charge is 0.253 e. The maximum Gasteiger partial charge on any atom is 0.253 e. The Hall–Kier alpha value is -2.57. The molecule has 1 aliphatic heterocycles. The number of carbonyl (C=O) groups excluding carboxylic acids is 1. The number of piperazine rings is 1. The van der Waals surface area contributed by atoms with Crippen LogP contribution in [0, 0.1) is 0 Å². The summed E-state index contributed by atoms with van der Waals surface area (Å²) in [6, 6.07) is 16.7. The van der Waals surface area contributed by atoms with E-state index in [1.807, 2.05) is 59.5 Å². The van der Waals surface area contributed by atoms with E-state index in [1.165, 1.54) is 0 Å². The summed E-state index contributed by atoms with van der Waals surface area (Å²) in [5.74, 6) is 1.34. The molecular formula is C21H26N2O4. The van der Waals surface area contributed by atoms with Gasteiger partial charge in [-0.3, -0.25) is 9.69 Å². The zero-order chi connectivity index (χ0) is 19.1. The first-order chi connectivity index (χ1) is 13.2. The van der Waals surface area contributed by atoms with E-state index in [9.17, 15) is 9.90 Å². The van der Waals surface area contributed by atoms with E-state index in [0.29, 0.717) is 31.1 Å². The number of aliphatic hydroxyl groups is 1. The van der Waals surface area contributed by atoms with Crippen LogP contribution in [0.2, 0.25) is 0 Å². The fourth-order valence-corrected chi connectivity index (χ4v) is 3.17. The minimum atomic E-state index is -0.605. The van der Waals surface area contributed by atoms with E-state index < -0.39 is 6.10 Å². The topological polar surface area (TPSA) is 62.2 Å². The van der Waals surface area contributed by atoms with E-state index >= 15 is 0 Å². The Morgan fingerprint density at radius 3 is 2.30 bits per heavy atom. The van der Waals surface area contributed by atoms with Gasteiger partial charge in [0.2, 0.25) is 0 Å². The molecule has 1 heterocycles. The molecule has 0 unspecified atom stereocenters. The van der Waals surface area contributed by atoms with Crippen LogP contribution in [0.25, 0.3) is 0 Å². The quantitative estimate of drug-likeness (QED) is 0.807. The molecule has 0 radical (unpaired) electrons. The molecule has 6 heteroatoms. The maximum absolute atomic E-state index is 12.5. The number of hydrogen-bond donors (Lipinski definition) is 1. The first-order valence-corrected chi connectivity index (χ1v) is 9.18. The van der Waals surface area contributed by atoms with Gasteiger partial charge in [0.25, 0.3) is 5.91 Å². The molecule has 27 heavy (non-hydrogen) atoms. The number of nitrogens with zero attached hydrogens (tertiary/aromatic N) is 2. The lowest BCUT2D eigenvalue weighted by molar-refractivity contribution is 0.0400. The molecule has 1 amide bonds. The second-order valence-electron chi connectivity index (χ2n) is 6.57. The molecule has 0 saturated carbocycles. The highest BCUT2D eigenvalue weighted by molar-refractivity contribution is 5.94. The molecule has 0 aromatic heterocycles. The molecular weight excluding hydrogens is 344 g/mol. The summed E-state index contributed by atoms with van der Waals surface area (Å²) in [6.45, 7) is 3.52. The monoisotopic (exact) mass is 370 g/mol. The van der Waals surface area contributed by atoms with Gasteiger partial charge in [-0.2, -0.15) is 0 Å². The lowest BCUT2D eigenvalue weighted by Crippen LogP contribution is -2.50. The molecule has 1 saturated heterocycles. The molecule has 3 rings (SSSR count). The molecule has 1 atom stereocenters. The van der Waals surface area contributed by atoms with Crippen LogP contribution in [-0.4, -0.2) is 73.4 Å². The Labute approximate surface area is 159 Å². The third-order valence-corrected chi connectivity index (χ3v) is 4.65. The van der Waals surface area contributed by atoms with Crippen molar-refractivity contribution >= 4 is 5.91 Å². The average Bonchev–Trinajstić information content (AvgIpc) is 2.73. The second kappa shape index (κ2) is 9.39. The normalized spacial score (nSPS) is 16.0. The Balaban J connectivity index is 1.43. The summed E-state index contributed by atoms with van der Waals surface area (Å²) in [7, 11) is 1.59. The van der Waals surface area contributed by atoms with Crippen molar-refractivity contribution in [1.82, 2.24) is 9.80 Å². The van der Waals surface area contributed by atoms with Gasteiger partial charge >= 0.3 is 0 Å². The van der Waals surface area contributed by atoms with Gasteiger partial charge in [-0.05, 0) is 24.3 Å². The molecule has 1 aliphatic rings. The van der Waals surface area contributed by atoms with Gasteiger partial charge in [0.15, 0.2) is 11.5 Å². The molecule has 0 aliphatic carbocycles. The predicted molar refractivity (Wildman–Crippen MR) is 103 cm³/mol. The van der Waals surface area contributed by atoms with Gasteiger partial charge in [0, 0.05) is 38.3 Å². The molecule has 1 N–H and O–H groups in total.